The van der Waals surface area contributed by atoms with Gasteiger partial charge in [-0.15, -0.1) is 0 Å². The van der Waals surface area contributed by atoms with Crippen molar-refractivity contribution in [3.05, 3.63) is 24.3 Å². The number of hydrogen-bond donors (Lipinski definition) is 2. The van der Waals surface area contributed by atoms with Gasteiger partial charge in [-0.1, -0.05) is 0 Å². The van der Waals surface area contributed by atoms with Crippen LogP contribution in [0.3, 0.4) is 0 Å². The second kappa shape index (κ2) is 10.0. The number of benzene rings is 1. The van der Waals surface area contributed by atoms with E-state index < -0.39 is 0 Å². The maximum Gasteiger partial charge on any atom is 0.278 e. The van der Waals surface area contributed by atoms with Crippen LogP contribution in [0.2, 0.25) is 0 Å². The number of methoxy groups -OCH3 is 1. The Morgan fingerprint density at radius 2 is 1.85 bits per heavy atom. The highest BCUT2D eigenvalue weighted by molar-refractivity contribution is 5.85. The number of carbonyl (C=O) groups excluding carboxylic acids is 2. The van der Waals surface area contributed by atoms with E-state index in [-0.39, 0.29) is 18.4 Å². The van der Waals surface area contributed by atoms with Gasteiger partial charge in [0.05, 0.1) is 39.8 Å². The van der Waals surface area contributed by atoms with E-state index in [2.05, 4.69) is 22.3 Å². The molecule has 144 valence electrons. The fourth-order valence-electron chi connectivity index (χ4n) is 3.18. The third-order valence-corrected chi connectivity index (χ3v) is 4.75. The number of quaternary nitrogens is 1. The monoisotopic (exact) mass is 363 g/mol. The van der Waals surface area contributed by atoms with Gasteiger partial charge in [-0.25, -0.2) is 0 Å². The van der Waals surface area contributed by atoms with E-state index in [1.807, 2.05) is 26.0 Å². The Morgan fingerprint density at radius 3 is 2.38 bits per heavy atom. The van der Waals surface area contributed by atoms with Gasteiger partial charge < -0.3 is 24.8 Å². The van der Waals surface area contributed by atoms with Crippen molar-refractivity contribution in [2.45, 2.75) is 13.8 Å². The van der Waals surface area contributed by atoms with E-state index in [4.69, 9.17) is 4.74 Å². The van der Waals surface area contributed by atoms with Crippen LogP contribution in [0.15, 0.2) is 24.3 Å². The molecule has 2 amide bonds. The van der Waals surface area contributed by atoms with Gasteiger partial charge in [-0.3, -0.25) is 9.59 Å². The zero-order valence-electron chi connectivity index (χ0n) is 16.1. The Labute approximate surface area is 155 Å². The van der Waals surface area contributed by atoms with E-state index in [0.29, 0.717) is 19.6 Å². The third kappa shape index (κ3) is 5.62. The molecule has 2 N–H and O–H groups in total. The minimum Gasteiger partial charge on any atom is -0.497 e. The molecule has 0 aromatic heterocycles. The maximum atomic E-state index is 12.5. The van der Waals surface area contributed by atoms with Crippen molar-refractivity contribution in [2.75, 3.05) is 64.4 Å². The van der Waals surface area contributed by atoms with E-state index in [1.54, 1.807) is 12.0 Å². The first kappa shape index (κ1) is 20.0. The molecule has 1 aromatic rings. The zero-order chi connectivity index (χ0) is 18.9. The van der Waals surface area contributed by atoms with Crippen LogP contribution in [-0.2, 0) is 9.59 Å². The van der Waals surface area contributed by atoms with Crippen LogP contribution < -0.4 is 19.9 Å². The van der Waals surface area contributed by atoms with E-state index in [0.717, 1.165) is 31.9 Å². The van der Waals surface area contributed by atoms with Crippen molar-refractivity contribution in [3.8, 4) is 5.75 Å². The van der Waals surface area contributed by atoms with E-state index in [9.17, 15) is 9.59 Å². The quantitative estimate of drug-likeness (QED) is 0.646. The minimum absolute atomic E-state index is 0.0478. The summed E-state index contributed by atoms with van der Waals surface area (Å²) in [6.07, 6.45) is 0. The number of anilines is 1. The van der Waals surface area contributed by atoms with Gasteiger partial charge in [0.25, 0.3) is 5.91 Å². The second-order valence-electron chi connectivity index (χ2n) is 6.47. The van der Waals surface area contributed by atoms with Crippen LogP contribution >= 0.6 is 0 Å². The van der Waals surface area contributed by atoms with Gasteiger partial charge in [0.1, 0.15) is 5.75 Å². The summed E-state index contributed by atoms with van der Waals surface area (Å²) >= 11 is 0. The first-order valence-corrected chi connectivity index (χ1v) is 9.34. The fraction of sp³-hybridized carbons (Fsp3) is 0.579. The van der Waals surface area contributed by atoms with Crippen molar-refractivity contribution < 1.29 is 19.2 Å². The number of carbonyl (C=O) groups is 2. The lowest BCUT2D eigenvalue weighted by Gasteiger charge is -2.34. The van der Waals surface area contributed by atoms with Gasteiger partial charge in [-0.2, -0.15) is 0 Å². The molecule has 1 aliphatic rings. The first-order chi connectivity index (χ1) is 12.6. The van der Waals surface area contributed by atoms with Gasteiger partial charge in [0.2, 0.25) is 5.91 Å². The predicted molar refractivity (Wildman–Crippen MR) is 102 cm³/mol. The largest absolute Gasteiger partial charge is 0.497 e. The van der Waals surface area contributed by atoms with Crippen LogP contribution in [0, 0.1) is 0 Å². The van der Waals surface area contributed by atoms with Crippen molar-refractivity contribution in [1.82, 2.24) is 10.2 Å². The van der Waals surface area contributed by atoms with Gasteiger partial charge in [0, 0.05) is 18.8 Å². The van der Waals surface area contributed by atoms with Gasteiger partial charge >= 0.3 is 0 Å². The maximum absolute atomic E-state index is 12.5. The molecule has 7 nitrogen and oxygen atoms in total. The topological polar surface area (TPSA) is 66.3 Å². The summed E-state index contributed by atoms with van der Waals surface area (Å²) in [6, 6.07) is 8.08. The van der Waals surface area contributed by atoms with Gasteiger partial charge in [0.15, 0.2) is 6.54 Å². The summed E-state index contributed by atoms with van der Waals surface area (Å²) in [6.45, 7) is 9.18. The number of nitrogens with one attached hydrogen (secondary N) is 2. The van der Waals surface area contributed by atoms with Crippen LogP contribution in [-0.4, -0.2) is 76.2 Å². The fourth-order valence-corrected chi connectivity index (χ4v) is 3.18. The lowest BCUT2D eigenvalue weighted by atomic mass is 10.2. The molecule has 1 heterocycles. The highest BCUT2D eigenvalue weighted by atomic mass is 16.5. The number of hydrogen-bond acceptors (Lipinski definition) is 4. The number of amides is 2. The third-order valence-electron chi connectivity index (χ3n) is 4.75. The van der Waals surface area contributed by atoms with Crippen LogP contribution in [0.1, 0.15) is 13.8 Å². The van der Waals surface area contributed by atoms with Crippen molar-refractivity contribution in [1.29, 1.82) is 0 Å². The lowest BCUT2D eigenvalue weighted by Crippen LogP contribution is -3.16. The molecule has 7 heteroatoms. The normalized spacial score (nSPS) is 14.8. The van der Waals surface area contributed by atoms with E-state index >= 15 is 0 Å². The molecule has 0 bridgehead atoms. The smallest absolute Gasteiger partial charge is 0.278 e. The minimum atomic E-state index is -0.0953. The molecule has 1 aliphatic heterocycles. The molecule has 0 saturated carbocycles. The summed E-state index contributed by atoms with van der Waals surface area (Å²) in [4.78, 5) is 29.5. The molecule has 0 radical (unpaired) electrons. The van der Waals surface area contributed by atoms with Crippen LogP contribution in [0.5, 0.6) is 5.75 Å². The Balaban J connectivity index is 1.81. The second-order valence-corrected chi connectivity index (χ2v) is 6.47. The van der Waals surface area contributed by atoms with E-state index in [1.165, 1.54) is 10.6 Å². The molecule has 2 rings (SSSR count). The molecule has 1 fully saturated rings. The van der Waals surface area contributed by atoms with Crippen LogP contribution in [0.4, 0.5) is 5.69 Å². The molecule has 1 saturated heterocycles. The van der Waals surface area contributed by atoms with Crippen molar-refractivity contribution in [2.24, 2.45) is 0 Å². The Morgan fingerprint density at radius 1 is 1.19 bits per heavy atom. The average molecular weight is 363 g/mol. The summed E-state index contributed by atoms with van der Waals surface area (Å²) in [5.41, 5.74) is 1.18. The Hall–Kier alpha value is -2.28. The summed E-state index contributed by atoms with van der Waals surface area (Å²) in [7, 11) is 1.67. The number of ether oxygens (including phenoxy) is 1. The van der Waals surface area contributed by atoms with Crippen molar-refractivity contribution in [3.63, 3.8) is 0 Å². The number of rotatable bonds is 8. The SMILES string of the molecule is CCNC(=O)CN(CC)C(=O)C[NH+]1CCN(c2ccc(OC)cc2)CC1. The Bertz CT molecular complexity index is 583. The number of nitrogens with zero attached hydrogens (tertiary/aromatic N) is 2. The highest BCUT2D eigenvalue weighted by Gasteiger charge is 2.25. The molecular formula is C19H31N4O3+. The average Bonchev–Trinajstić information content (AvgIpc) is 2.67. The highest BCUT2D eigenvalue weighted by Crippen LogP contribution is 2.18. The molecule has 0 atom stereocenters. The molecule has 0 spiro atoms. The summed E-state index contributed by atoms with van der Waals surface area (Å²) in [5, 5.41) is 2.75. The first-order valence-electron chi connectivity index (χ1n) is 9.34. The number of likely N-dealkylation sites (N-methyl/N-ethyl adjacent to an activating group) is 2. The number of piperazine rings is 1. The van der Waals surface area contributed by atoms with Gasteiger partial charge in [-0.05, 0) is 38.1 Å². The summed E-state index contributed by atoms with van der Waals surface area (Å²) < 4.78 is 5.20. The molecule has 0 unspecified atom stereocenters. The lowest BCUT2D eigenvalue weighted by molar-refractivity contribution is -0.892. The molecular weight excluding hydrogens is 332 g/mol. The van der Waals surface area contributed by atoms with Crippen LogP contribution in [0.25, 0.3) is 0 Å². The predicted octanol–water partition coefficient (Wildman–Crippen LogP) is -0.615. The molecule has 1 aromatic carbocycles. The molecule has 26 heavy (non-hydrogen) atoms. The standard InChI is InChI=1S/C19H30N4O3/c1-4-20-18(24)14-22(5-2)19(25)15-21-10-12-23(13-11-21)16-6-8-17(26-3)9-7-16/h6-9H,4-5,10-15H2,1-3H3,(H,20,24)/p+1. The molecule has 0 aliphatic carbocycles. The Kier molecular flexibility index (Phi) is 7.72. The zero-order valence-corrected chi connectivity index (χ0v) is 16.1. The summed E-state index contributed by atoms with van der Waals surface area (Å²) in [5.74, 6) is 0.809. The van der Waals surface area contributed by atoms with Crippen molar-refractivity contribution >= 4 is 17.5 Å².